The van der Waals surface area contributed by atoms with Gasteiger partial charge in [-0.1, -0.05) is 11.3 Å². The first-order valence-electron chi connectivity index (χ1n) is 8.88. The molecule has 28 heavy (non-hydrogen) atoms. The molecule has 0 saturated heterocycles. The Kier molecular flexibility index (Phi) is 3.98. The van der Waals surface area contributed by atoms with Crippen LogP contribution in [0.5, 0.6) is 5.75 Å². The van der Waals surface area contributed by atoms with E-state index in [0.29, 0.717) is 17.9 Å². The van der Waals surface area contributed by atoms with Crippen LogP contribution in [0, 0.1) is 0 Å². The van der Waals surface area contributed by atoms with Crippen molar-refractivity contribution in [3.05, 3.63) is 54.5 Å². The second kappa shape index (κ2) is 6.65. The van der Waals surface area contributed by atoms with Crippen LogP contribution in [0.1, 0.15) is 10.4 Å². The summed E-state index contributed by atoms with van der Waals surface area (Å²) in [4.78, 5) is 21.5. The van der Waals surface area contributed by atoms with Gasteiger partial charge in [-0.15, -0.1) is 0 Å². The van der Waals surface area contributed by atoms with Gasteiger partial charge in [0.25, 0.3) is 5.91 Å². The minimum absolute atomic E-state index is 0.179. The van der Waals surface area contributed by atoms with Crippen molar-refractivity contribution < 1.29 is 9.53 Å². The highest BCUT2D eigenvalue weighted by molar-refractivity contribution is 7.22. The molecule has 3 heterocycles. The van der Waals surface area contributed by atoms with Crippen molar-refractivity contribution in [2.45, 2.75) is 6.54 Å². The summed E-state index contributed by atoms with van der Waals surface area (Å²) in [5, 5.41) is 6.85. The molecule has 1 aliphatic heterocycles. The standard InChI is InChI=1S/C20H17N5O2S/c1-21-20-24-15-9-13(3-5-18(15)28-20)23-19(26)12-2-4-17-14(8-12)16-10-22-11-25(16)6-7-27-17/h2-5,8-11H,6-7H2,1H3,(H,21,24)(H,23,26). The van der Waals surface area contributed by atoms with Crippen molar-refractivity contribution in [2.75, 3.05) is 24.3 Å². The van der Waals surface area contributed by atoms with E-state index in [1.807, 2.05) is 41.9 Å². The van der Waals surface area contributed by atoms with Gasteiger partial charge in [0.05, 0.1) is 35.0 Å². The van der Waals surface area contributed by atoms with E-state index in [1.165, 1.54) is 0 Å². The average Bonchev–Trinajstić information content (AvgIpc) is 3.30. The highest BCUT2D eigenvalue weighted by Gasteiger charge is 2.18. The maximum Gasteiger partial charge on any atom is 0.255 e. The molecule has 0 spiro atoms. The van der Waals surface area contributed by atoms with Crippen LogP contribution in [-0.4, -0.2) is 34.1 Å². The van der Waals surface area contributed by atoms with E-state index >= 15 is 0 Å². The van der Waals surface area contributed by atoms with Crippen molar-refractivity contribution in [1.29, 1.82) is 0 Å². The van der Waals surface area contributed by atoms with Gasteiger partial charge in [0.2, 0.25) is 0 Å². The fraction of sp³-hybridized carbons (Fsp3) is 0.150. The van der Waals surface area contributed by atoms with Gasteiger partial charge in [0, 0.05) is 23.9 Å². The molecule has 0 bridgehead atoms. The van der Waals surface area contributed by atoms with Crippen LogP contribution in [-0.2, 0) is 6.54 Å². The quantitative estimate of drug-likeness (QED) is 0.554. The molecule has 0 fully saturated rings. The van der Waals surface area contributed by atoms with E-state index < -0.39 is 0 Å². The first-order valence-corrected chi connectivity index (χ1v) is 9.70. The Morgan fingerprint density at radius 1 is 1.25 bits per heavy atom. The Bertz CT molecular complexity index is 1200. The molecule has 2 aromatic carbocycles. The van der Waals surface area contributed by atoms with Crippen molar-refractivity contribution in [1.82, 2.24) is 14.5 Å². The third kappa shape index (κ3) is 2.87. The van der Waals surface area contributed by atoms with E-state index in [0.717, 1.165) is 38.9 Å². The predicted octanol–water partition coefficient (Wildman–Crippen LogP) is 3.85. The van der Waals surface area contributed by atoms with Gasteiger partial charge in [0.1, 0.15) is 12.4 Å². The van der Waals surface area contributed by atoms with Crippen molar-refractivity contribution in [3.8, 4) is 17.0 Å². The molecule has 0 aliphatic carbocycles. The van der Waals surface area contributed by atoms with E-state index in [9.17, 15) is 4.79 Å². The number of nitrogens with one attached hydrogen (secondary N) is 2. The monoisotopic (exact) mass is 391 g/mol. The topological polar surface area (TPSA) is 81.1 Å². The molecule has 0 atom stereocenters. The van der Waals surface area contributed by atoms with Crippen LogP contribution in [0.3, 0.4) is 0 Å². The number of carbonyl (C=O) groups excluding carboxylic acids is 1. The fourth-order valence-corrected chi connectivity index (χ4v) is 4.09. The predicted molar refractivity (Wildman–Crippen MR) is 110 cm³/mol. The summed E-state index contributed by atoms with van der Waals surface area (Å²) in [6.07, 6.45) is 3.58. The Hall–Kier alpha value is -3.39. The molecule has 2 aromatic heterocycles. The lowest BCUT2D eigenvalue weighted by Crippen LogP contribution is -2.12. The molecule has 7 nitrogen and oxygen atoms in total. The van der Waals surface area contributed by atoms with Gasteiger partial charge in [-0.25, -0.2) is 9.97 Å². The molecule has 5 rings (SSSR count). The van der Waals surface area contributed by atoms with Crippen molar-refractivity contribution in [3.63, 3.8) is 0 Å². The maximum atomic E-state index is 12.8. The molecular formula is C20H17N5O2S. The van der Waals surface area contributed by atoms with Crippen LogP contribution in [0.4, 0.5) is 10.8 Å². The summed E-state index contributed by atoms with van der Waals surface area (Å²) in [6.45, 7) is 1.30. The van der Waals surface area contributed by atoms with Crippen LogP contribution in [0.25, 0.3) is 21.5 Å². The molecule has 1 amide bonds. The smallest absolute Gasteiger partial charge is 0.255 e. The van der Waals surface area contributed by atoms with E-state index in [-0.39, 0.29) is 5.91 Å². The number of carbonyl (C=O) groups is 1. The number of fused-ring (bicyclic) bond motifs is 4. The molecule has 2 N–H and O–H groups in total. The second-order valence-electron chi connectivity index (χ2n) is 6.44. The first kappa shape index (κ1) is 16.8. The summed E-state index contributed by atoms with van der Waals surface area (Å²) < 4.78 is 8.91. The number of hydrogen-bond donors (Lipinski definition) is 2. The normalized spacial score (nSPS) is 12.6. The van der Waals surface area contributed by atoms with Crippen LogP contribution in [0.2, 0.25) is 0 Å². The number of anilines is 2. The maximum absolute atomic E-state index is 12.8. The highest BCUT2D eigenvalue weighted by Crippen LogP contribution is 2.33. The Morgan fingerprint density at radius 2 is 2.18 bits per heavy atom. The lowest BCUT2D eigenvalue weighted by Gasteiger charge is -2.10. The summed E-state index contributed by atoms with van der Waals surface area (Å²) in [5.74, 6) is 0.584. The molecule has 4 aromatic rings. The van der Waals surface area contributed by atoms with Gasteiger partial charge < -0.3 is 19.9 Å². The molecule has 8 heteroatoms. The first-order chi connectivity index (χ1) is 13.7. The summed E-state index contributed by atoms with van der Waals surface area (Å²) in [5.41, 5.74) is 3.95. The Labute approximate surface area is 165 Å². The number of amides is 1. The lowest BCUT2D eigenvalue weighted by molar-refractivity contribution is 0.102. The minimum Gasteiger partial charge on any atom is -0.491 e. The zero-order chi connectivity index (χ0) is 19.1. The molecule has 0 saturated carbocycles. The molecule has 140 valence electrons. The number of nitrogens with zero attached hydrogens (tertiary/aromatic N) is 3. The number of aromatic nitrogens is 3. The number of thiazole rings is 1. The third-order valence-electron chi connectivity index (χ3n) is 4.68. The number of imidazole rings is 1. The van der Waals surface area contributed by atoms with Crippen molar-refractivity contribution >= 4 is 38.3 Å². The Morgan fingerprint density at radius 3 is 3.07 bits per heavy atom. The summed E-state index contributed by atoms with van der Waals surface area (Å²) >= 11 is 1.58. The number of benzene rings is 2. The molecule has 0 radical (unpaired) electrons. The van der Waals surface area contributed by atoms with Gasteiger partial charge in [-0.3, -0.25) is 4.79 Å². The van der Waals surface area contributed by atoms with Crippen LogP contribution in [0.15, 0.2) is 48.9 Å². The number of hydrogen-bond acceptors (Lipinski definition) is 6. The number of ether oxygens (including phenoxy) is 1. The van der Waals surface area contributed by atoms with E-state index in [2.05, 4.69) is 20.6 Å². The zero-order valence-electron chi connectivity index (χ0n) is 15.1. The Balaban J connectivity index is 1.45. The summed E-state index contributed by atoms with van der Waals surface area (Å²) in [6, 6.07) is 11.2. The highest BCUT2D eigenvalue weighted by atomic mass is 32.1. The largest absolute Gasteiger partial charge is 0.491 e. The van der Waals surface area contributed by atoms with Gasteiger partial charge in [0.15, 0.2) is 5.13 Å². The fourth-order valence-electron chi connectivity index (χ4n) is 3.29. The van der Waals surface area contributed by atoms with Gasteiger partial charge >= 0.3 is 0 Å². The minimum atomic E-state index is -0.179. The summed E-state index contributed by atoms with van der Waals surface area (Å²) in [7, 11) is 1.84. The van der Waals surface area contributed by atoms with Crippen LogP contribution >= 0.6 is 11.3 Å². The van der Waals surface area contributed by atoms with E-state index in [4.69, 9.17) is 4.74 Å². The van der Waals surface area contributed by atoms with Gasteiger partial charge in [-0.05, 0) is 36.4 Å². The second-order valence-corrected chi connectivity index (χ2v) is 7.47. The third-order valence-corrected chi connectivity index (χ3v) is 5.73. The zero-order valence-corrected chi connectivity index (χ0v) is 15.9. The molecular weight excluding hydrogens is 374 g/mol. The van der Waals surface area contributed by atoms with E-state index in [1.54, 1.807) is 29.9 Å². The molecule has 0 unspecified atom stereocenters. The van der Waals surface area contributed by atoms with Crippen LogP contribution < -0.4 is 15.4 Å². The van der Waals surface area contributed by atoms with Crippen molar-refractivity contribution in [2.24, 2.45) is 0 Å². The SMILES string of the molecule is CNc1nc2cc(NC(=O)c3ccc4c(c3)-c3cncn3CCO4)ccc2s1. The van der Waals surface area contributed by atoms with Gasteiger partial charge in [-0.2, -0.15) is 0 Å². The average molecular weight is 391 g/mol. The number of rotatable bonds is 3. The molecule has 1 aliphatic rings. The lowest BCUT2D eigenvalue weighted by atomic mass is 10.1.